The van der Waals surface area contributed by atoms with E-state index in [0.717, 1.165) is 12.1 Å². The number of esters is 1. The molecule has 15 heavy (non-hydrogen) atoms. The van der Waals surface area contributed by atoms with Crippen LogP contribution in [0.4, 0.5) is 0 Å². The molecule has 82 valence electrons. The summed E-state index contributed by atoms with van der Waals surface area (Å²) in [5, 5.41) is 0. The van der Waals surface area contributed by atoms with Crippen LogP contribution in [0.5, 0.6) is 0 Å². The zero-order valence-electron chi connectivity index (χ0n) is 9.49. The Labute approximate surface area is 90.7 Å². The SMILES string of the molecule is COC(=O)Cc1cccc(CN(C)C)c1. The fraction of sp³-hybridized carbons (Fsp3) is 0.417. The second-order valence-electron chi connectivity index (χ2n) is 3.81. The quantitative estimate of drug-likeness (QED) is 0.700. The van der Waals surface area contributed by atoms with E-state index in [0.29, 0.717) is 6.42 Å². The first-order valence-corrected chi connectivity index (χ1v) is 4.91. The Morgan fingerprint density at radius 3 is 2.60 bits per heavy atom. The molecule has 1 rings (SSSR count). The molecule has 0 saturated heterocycles. The zero-order chi connectivity index (χ0) is 11.3. The van der Waals surface area contributed by atoms with Crippen LogP contribution in [0.3, 0.4) is 0 Å². The molecule has 0 radical (unpaired) electrons. The smallest absolute Gasteiger partial charge is 0.309 e. The van der Waals surface area contributed by atoms with Gasteiger partial charge in [0.15, 0.2) is 0 Å². The molecule has 0 spiro atoms. The van der Waals surface area contributed by atoms with Gasteiger partial charge in [-0.15, -0.1) is 0 Å². The van der Waals surface area contributed by atoms with Gasteiger partial charge >= 0.3 is 5.97 Å². The van der Waals surface area contributed by atoms with Crippen molar-refractivity contribution in [2.24, 2.45) is 0 Å². The van der Waals surface area contributed by atoms with Crippen LogP contribution >= 0.6 is 0 Å². The minimum Gasteiger partial charge on any atom is -0.469 e. The van der Waals surface area contributed by atoms with Crippen LogP contribution in [0.25, 0.3) is 0 Å². The average Bonchev–Trinajstić information content (AvgIpc) is 2.17. The van der Waals surface area contributed by atoms with Crippen LogP contribution in [-0.2, 0) is 22.5 Å². The summed E-state index contributed by atoms with van der Waals surface area (Å²) in [4.78, 5) is 13.2. The molecule has 3 heteroatoms. The van der Waals surface area contributed by atoms with Crippen LogP contribution in [0.2, 0.25) is 0 Å². The number of hydrogen-bond acceptors (Lipinski definition) is 3. The summed E-state index contributed by atoms with van der Waals surface area (Å²) >= 11 is 0. The number of rotatable bonds is 4. The van der Waals surface area contributed by atoms with Crippen molar-refractivity contribution in [3.05, 3.63) is 35.4 Å². The first-order valence-electron chi connectivity index (χ1n) is 4.91. The lowest BCUT2D eigenvalue weighted by atomic mass is 10.1. The molecule has 0 aliphatic rings. The lowest BCUT2D eigenvalue weighted by Gasteiger charge is -2.10. The normalized spacial score (nSPS) is 10.4. The number of carbonyl (C=O) groups is 1. The van der Waals surface area contributed by atoms with Gasteiger partial charge in [0.05, 0.1) is 13.5 Å². The van der Waals surface area contributed by atoms with Crippen LogP contribution in [0.1, 0.15) is 11.1 Å². The highest BCUT2D eigenvalue weighted by molar-refractivity contribution is 5.72. The van der Waals surface area contributed by atoms with Crippen molar-refractivity contribution in [2.45, 2.75) is 13.0 Å². The lowest BCUT2D eigenvalue weighted by molar-refractivity contribution is -0.139. The first kappa shape index (κ1) is 11.7. The molecule has 0 N–H and O–H groups in total. The van der Waals surface area contributed by atoms with Crippen LogP contribution < -0.4 is 0 Å². The van der Waals surface area contributed by atoms with Crippen LogP contribution in [0, 0.1) is 0 Å². The van der Waals surface area contributed by atoms with E-state index in [-0.39, 0.29) is 5.97 Å². The highest BCUT2D eigenvalue weighted by Gasteiger charge is 2.03. The molecular weight excluding hydrogens is 190 g/mol. The minimum absolute atomic E-state index is 0.197. The van der Waals surface area contributed by atoms with Gasteiger partial charge in [0, 0.05) is 6.54 Å². The highest BCUT2D eigenvalue weighted by atomic mass is 16.5. The summed E-state index contributed by atoms with van der Waals surface area (Å²) in [7, 11) is 5.45. The van der Waals surface area contributed by atoms with Crippen LogP contribution in [-0.4, -0.2) is 32.1 Å². The third-order valence-electron chi connectivity index (χ3n) is 2.07. The van der Waals surface area contributed by atoms with Crippen molar-refractivity contribution in [1.82, 2.24) is 4.90 Å². The molecule has 0 heterocycles. The van der Waals surface area contributed by atoms with E-state index in [1.165, 1.54) is 12.7 Å². The molecule has 0 fully saturated rings. The fourth-order valence-electron chi connectivity index (χ4n) is 1.44. The maximum absolute atomic E-state index is 11.1. The molecule has 0 aliphatic heterocycles. The number of nitrogens with zero attached hydrogens (tertiary/aromatic N) is 1. The van der Waals surface area contributed by atoms with E-state index in [1.807, 2.05) is 32.3 Å². The van der Waals surface area contributed by atoms with E-state index in [2.05, 4.69) is 15.7 Å². The van der Waals surface area contributed by atoms with Crippen LogP contribution in [0.15, 0.2) is 24.3 Å². The summed E-state index contributed by atoms with van der Waals surface area (Å²) in [5.41, 5.74) is 2.21. The monoisotopic (exact) mass is 207 g/mol. The Balaban J connectivity index is 2.69. The molecule has 0 saturated carbocycles. The second-order valence-corrected chi connectivity index (χ2v) is 3.81. The van der Waals surface area contributed by atoms with Crippen molar-refractivity contribution in [3.63, 3.8) is 0 Å². The summed E-state index contributed by atoms with van der Waals surface area (Å²) in [6.07, 6.45) is 0.345. The third-order valence-corrected chi connectivity index (χ3v) is 2.07. The maximum Gasteiger partial charge on any atom is 0.309 e. The van der Waals surface area contributed by atoms with Gasteiger partial charge in [-0.2, -0.15) is 0 Å². The van der Waals surface area contributed by atoms with Gasteiger partial charge in [0.2, 0.25) is 0 Å². The molecule has 0 unspecified atom stereocenters. The summed E-state index contributed by atoms with van der Waals surface area (Å²) in [6, 6.07) is 8.00. The molecule has 3 nitrogen and oxygen atoms in total. The molecule has 1 aromatic rings. The molecule has 0 atom stereocenters. The van der Waals surface area contributed by atoms with Gasteiger partial charge in [-0.25, -0.2) is 0 Å². The highest BCUT2D eigenvalue weighted by Crippen LogP contribution is 2.08. The molecule has 0 bridgehead atoms. The summed E-state index contributed by atoms with van der Waals surface area (Å²) in [5.74, 6) is -0.197. The standard InChI is InChI=1S/C12H17NO2/c1-13(2)9-11-6-4-5-10(7-11)8-12(14)15-3/h4-7H,8-9H2,1-3H3. The molecule has 0 aliphatic carbocycles. The number of carbonyl (C=O) groups excluding carboxylic acids is 1. The minimum atomic E-state index is -0.197. The van der Waals surface area contributed by atoms with Crippen molar-refractivity contribution in [3.8, 4) is 0 Å². The number of methoxy groups -OCH3 is 1. The molecular formula is C12H17NO2. The zero-order valence-corrected chi connectivity index (χ0v) is 9.49. The fourth-order valence-corrected chi connectivity index (χ4v) is 1.44. The van der Waals surface area contributed by atoms with Crippen molar-refractivity contribution >= 4 is 5.97 Å². The van der Waals surface area contributed by atoms with Gasteiger partial charge in [-0.1, -0.05) is 24.3 Å². The predicted molar refractivity (Wildman–Crippen MR) is 59.6 cm³/mol. The Bertz CT molecular complexity index is 334. The van der Waals surface area contributed by atoms with E-state index in [1.54, 1.807) is 0 Å². The topological polar surface area (TPSA) is 29.5 Å². The van der Waals surface area contributed by atoms with E-state index in [9.17, 15) is 4.79 Å². The van der Waals surface area contributed by atoms with Gasteiger partial charge in [-0.3, -0.25) is 4.79 Å². The Kier molecular flexibility index (Phi) is 4.31. The Morgan fingerprint density at radius 2 is 2.00 bits per heavy atom. The van der Waals surface area contributed by atoms with E-state index < -0.39 is 0 Å². The summed E-state index contributed by atoms with van der Waals surface area (Å²) in [6.45, 7) is 0.884. The summed E-state index contributed by atoms with van der Waals surface area (Å²) < 4.78 is 4.63. The van der Waals surface area contributed by atoms with Gasteiger partial charge in [0.1, 0.15) is 0 Å². The Hall–Kier alpha value is -1.35. The maximum atomic E-state index is 11.1. The average molecular weight is 207 g/mol. The van der Waals surface area contributed by atoms with Crippen molar-refractivity contribution in [1.29, 1.82) is 0 Å². The predicted octanol–water partition coefficient (Wildman–Crippen LogP) is 1.46. The van der Waals surface area contributed by atoms with E-state index in [4.69, 9.17) is 0 Å². The number of ether oxygens (including phenoxy) is 1. The van der Waals surface area contributed by atoms with Crippen molar-refractivity contribution < 1.29 is 9.53 Å². The largest absolute Gasteiger partial charge is 0.469 e. The van der Waals surface area contributed by atoms with Gasteiger partial charge in [-0.05, 0) is 25.2 Å². The Morgan fingerprint density at radius 1 is 1.33 bits per heavy atom. The first-order chi connectivity index (χ1) is 7.11. The molecule has 0 aromatic heterocycles. The number of benzene rings is 1. The molecule has 0 amide bonds. The third kappa shape index (κ3) is 4.13. The number of hydrogen-bond donors (Lipinski definition) is 0. The van der Waals surface area contributed by atoms with Gasteiger partial charge in [0.25, 0.3) is 0 Å². The second kappa shape index (κ2) is 5.51. The van der Waals surface area contributed by atoms with Crippen molar-refractivity contribution in [2.75, 3.05) is 21.2 Å². The lowest BCUT2D eigenvalue weighted by Crippen LogP contribution is -2.11. The molecule has 1 aromatic carbocycles. The van der Waals surface area contributed by atoms with Gasteiger partial charge < -0.3 is 9.64 Å². The van der Waals surface area contributed by atoms with E-state index >= 15 is 0 Å².